The first kappa shape index (κ1) is 16.2. The van der Waals surface area contributed by atoms with E-state index in [1.54, 1.807) is 0 Å². The summed E-state index contributed by atoms with van der Waals surface area (Å²) in [6.07, 6.45) is 1.26. The summed E-state index contributed by atoms with van der Waals surface area (Å²) in [4.78, 5) is 5.03. The molecule has 1 saturated heterocycles. The topological polar surface area (TPSA) is 6.48 Å². The smallest absolute Gasteiger partial charge is 1.00 e. The summed E-state index contributed by atoms with van der Waals surface area (Å²) >= 11 is 3.49. The van der Waals surface area contributed by atoms with E-state index in [-0.39, 0.29) is 52.8 Å². The average molecular weight is 323 g/mol. The van der Waals surface area contributed by atoms with Crippen LogP contribution in [0.1, 0.15) is 7.85 Å². The maximum absolute atomic E-state index is 3.49. The summed E-state index contributed by atoms with van der Waals surface area (Å²) in [7, 11) is 0. The average Bonchev–Trinajstić information content (AvgIpc) is 2.38. The van der Waals surface area contributed by atoms with E-state index in [0.29, 0.717) is 0 Å². The fourth-order valence-electron chi connectivity index (χ4n) is 2.15. The minimum Gasteiger partial charge on any atom is -1.00 e. The molecule has 1 aromatic carbocycles. The standard InChI is InChI=1S/C13H19BrN2.K.H/c14-7-4-8-15-9-11-16(12-10-15)13-5-2-1-3-6-13;;/h1-3,5-6H,4,7-12H2;;/q;+1;-1. The van der Waals surface area contributed by atoms with Gasteiger partial charge in [-0.05, 0) is 25.1 Å². The number of piperazine rings is 1. The van der Waals surface area contributed by atoms with Gasteiger partial charge in [0.2, 0.25) is 0 Å². The largest absolute Gasteiger partial charge is 1.00 e. The number of alkyl halides is 1. The third-order valence-electron chi connectivity index (χ3n) is 3.10. The summed E-state index contributed by atoms with van der Waals surface area (Å²) in [5.41, 5.74) is 1.36. The molecule has 4 heteroatoms. The number of benzene rings is 1. The molecule has 0 aliphatic carbocycles. The van der Waals surface area contributed by atoms with Crippen molar-refractivity contribution in [2.75, 3.05) is 43.0 Å². The molecule has 1 aliphatic heterocycles. The molecule has 0 spiro atoms. The number of para-hydroxylation sites is 1. The Morgan fingerprint density at radius 2 is 1.71 bits per heavy atom. The molecule has 90 valence electrons. The number of rotatable bonds is 4. The van der Waals surface area contributed by atoms with E-state index in [2.05, 4.69) is 56.1 Å². The summed E-state index contributed by atoms with van der Waals surface area (Å²) < 4.78 is 0. The van der Waals surface area contributed by atoms with Crippen molar-refractivity contribution >= 4 is 21.6 Å². The van der Waals surface area contributed by atoms with Gasteiger partial charge in [0.1, 0.15) is 0 Å². The predicted molar refractivity (Wildman–Crippen MR) is 74.6 cm³/mol. The van der Waals surface area contributed by atoms with Gasteiger partial charge in [0, 0.05) is 37.2 Å². The van der Waals surface area contributed by atoms with E-state index in [0.717, 1.165) is 18.4 Å². The van der Waals surface area contributed by atoms with E-state index in [4.69, 9.17) is 0 Å². The van der Waals surface area contributed by atoms with Crippen molar-refractivity contribution in [2.24, 2.45) is 0 Å². The zero-order valence-corrected chi connectivity index (χ0v) is 15.3. The van der Waals surface area contributed by atoms with E-state index in [1.807, 2.05) is 0 Å². The molecule has 1 fully saturated rings. The van der Waals surface area contributed by atoms with E-state index >= 15 is 0 Å². The van der Waals surface area contributed by atoms with E-state index in [9.17, 15) is 0 Å². The minimum atomic E-state index is 0. The Bertz CT molecular complexity index is 305. The summed E-state index contributed by atoms with van der Waals surface area (Å²) in [5, 5.41) is 1.12. The van der Waals surface area contributed by atoms with Gasteiger partial charge in [0.25, 0.3) is 0 Å². The first-order valence-electron chi connectivity index (χ1n) is 5.98. The molecule has 0 atom stereocenters. The molecule has 2 rings (SSSR count). The SMILES string of the molecule is BrCCCN1CCN(c2ccccc2)CC1.[H-].[K+]. The van der Waals surface area contributed by atoms with Gasteiger partial charge in [-0.15, -0.1) is 0 Å². The first-order chi connectivity index (χ1) is 7.90. The van der Waals surface area contributed by atoms with Crippen molar-refractivity contribution in [1.82, 2.24) is 4.90 Å². The van der Waals surface area contributed by atoms with Gasteiger partial charge >= 0.3 is 51.4 Å². The molecule has 1 aliphatic rings. The van der Waals surface area contributed by atoms with Crippen LogP contribution in [0.3, 0.4) is 0 Å². The van der Waals surface area contributed by atoms with Crippen LogP contribution in [-0.4, -0.2) is 43.0 Å². The molecular weight excluding hydrogens is 303 g/mol. The van der Waals surface area contributed by atoms with Crippen LogP contribution >= 0.6 is 15.9 Å². The maximum atomic E-state index is 3.49. The number of hydrogen-bond acceptors (Lipinski definition) is 2. The molecule has 0 saturated carbocycles. The van der Waals surface area contributed by atoms with Crippen molar-refractivity contribution in [1.29, 1.82) is 0 Å². The summed E-state index contributed by atoms with van der Waals surface area (Å²) in [6.45, 7) is 5.94. The molecule has 0 amide bonds. The molecule has 1 aromatic rings. The number of nitrogens with zero attached hydrogens (tertiary/aromatic N) is 2. The Morgan fingerprint density at radius 3 is 2.29 bits per heavy atom. The second kappa shape index (κ2) is 9.07. The quantitative estimate of drug-likeness (QED) is 0.555. The zero-order chi connectivity index (χ0) is 11.2. The molecule has 2 nitrogen and oxygen atoms in total. The third kappa shape index (κ3) is 5.31. The van der Waals surface area contributed by atoms with Gasteiger partial charge in [-0.25, -0.2) is 0 Å². The summed E-state index contributed by atoms with van der Waals surface area (Å²) in [6, 6.07) is 10.7. The van der Waals surface area contributed by atoms with Crippen LogP contribution in [0.25, 0.3) is 0 Å². The first-order valence-corrected chi connectivity index (χ1v) is 7.10. The van der Waals surface area contributed by atoms with Crippen molar-refractivity contribution in [3.05, 3.63) is 30.3 Å². The molecule has 1 heterocycles. The van der Waals surface area contributed by atoms with Crippen molar-refractivity contribution < 1.29 is 52.8 Å². The molecule has 0 unspecified atom stereocenters. The van der Waals surface area contributed by atoms with Gasteiger partial charge in [0.05, 0.1) is 0 Å². The zero-order valence-electron chi connectivity index (χ0n) is 11.6. The van der Waals surface area contributed by atoms with Crippen LogP contribution in [0.15, 0.2) is 30.3 Å². The second-order valence-electron chi connectivity index (χ2n) is 4.21. The second-order valence-corrected chi connectivity index (χ2v) is 5.00. The van der Waals surface area contributed by atoms with E-state index < -0.39 is 0 Å². The van der Waals surface area contributed by atoms with Crippen molar-refractivity contribution in [2.45, 2.75) is 6.42 Å². The fraction of sp³-hybridized carbons (Fsp3) is 0.538. The van der Waals surface area contributed by atoms with Crippen LogP contribution < -0.4 is 56.3 Å². The predicted octanol–water partition coefficient (Wildman–Crippen LogP) is -0.290. The van der Waals surface area contributed by atoms with Crippen LogP contribution in [-0.2, 0) is 0 Å². The van der Waals surface area contributed by atoms with Crippen LogP contribution in [0.5, 0.6) is 0 Å². The van der Waals surface area contributed by atoms with Gasteiger partial charge in [-0.3, -0.25) is 4.90 Å². The van der Waals surface area contributed by atoms with Gasteiger partial charge in [0.15, 0.2) is 0 Å². The molecule has 0 bridgehead atoms. The monoisotopic (exact) mass is 322 g/mol. The van der Waals surface area contributed by atoms with Crippen LogP contribution in [0, 0.1) is 0 Å². The molecular formula is C13H20BrKN2. The minimum absolute atomic E-state index is 0. The van der Waals surface area contributed by atoms with Gasteiger partial charge < -0.3 is 6.33 Å². The number of hydrogen-bond donors (Lipinski definition) is 0. The Labute approximate surface area is 157 Å². The van der Waals surface area contributed by atoms with E-state index in [1.165, 1.54) is 31.7 Å². The Morgan fingerprint density at radius 1 is 1.06 bits per heavy atom. The fourth-order valence-corrected chi connectivity index (χ4v) is 2.40. The molecule has 0 N–H and O–H groups in total. The maximum Gasteiger partial charge on any atom is 1.00 e. The summed E-state index contributed by atoms with van der Waals surface area (Å²) in [5.74, 6) is 0. The third-order valence-corrected chi connectivity index (χ3v) is 3.66. The van der Waals surface area contributed by atoms with Crippen LogP contribution in [0.4, 0.5) is 5.69 Å². The molecule has 17 heavy (non-hydrogen) atoms. The Kier molecular flexibility index (Phi) is 8.62. The van der Waals surface area contributed by atoms with Gasteiger partial charge in [-0.2, -0.15) is 0 Å². The Balaban J connectivity index is 0.00000144. The molecule has 0 radical (unpaired) electrons. The van der Waals surface area contributed by atoms with Crippen LogP contribution in [0.2, 0.25) is 0 Å². The van der Waals surface area contributed by atoms with Crippen molar-refractivity contribution in [3.8, 4) is 0 Å². The van der Waals surface area contributed by atoms with Crippen molar-refractivity contribution in [3.63, 3.8) is 0 Å². The number of halogens is 1. The number of anilines is 1. The Hall–Kier alpha value is 1.10. The normalized spacial score (nSPS) is 16.6. The van der Waals surface area contributed by atoms with Gasteiger partial charge in [-0.1, -0.05) is 34.1 Å². The molecule has 0 aromatic heterocycles.